The van der Waals surface area contributed by atoms with E-state index in [2.05, 4.69) is 15.0 Å². The maximum Gasteiger partial charge on any atom is 0.255 e. The molecule has 0 bridgehead atoms. The van der Waals surface area contributed by atoms with Gasteiger partial charge in [-0.05, 0) is 56.8 Å². The third-order valence-corrected chi connectivity index (χ3v) is 5.93. The third-order valence-electron chi connectivity index (χ3n) is 5.93. The van der Waals surface area contributed by atoms with Gasteiger partial charge in [0.2, 0.25) is 5.88 Å². The molecule has 0 radical (unpaired) electrons. The van der Waals surface area contributed by atoms with Gasteiger partial charge in [-0.25, -0.2) is 9.37 Å². The predicted octanol–water partition coefficient (Wildman–Crippen LogP) is 2.74. The Morgan fingerprint density at radius 1 is 1.25 bits per heavy atom. The van der Waals surface area contributed by atoms with Crippen LogP contribution in [0.5, 0.6) is 5.88 Å². The maximum absolute atomic E-state index is 14.3. The Balaban J connectivity index is 1.58. The van der Waals surface area contributed by atoms with Crippen LogP contribution in [0.3, 0.4) is 0 Å². The standard InChI is InChI=1S/C23H23FN6O2/c1-14-18(6-4-15(10-25)21(14)24)19-12-27-30(23(19)32)20-7-5-16(11-26-20)22(31)29-9-8-17(13-29)28(2)3/h4-7,11-12,17,32H,8-9,13H2,1-3H3. The van der Waals surface area contributed by atoms with Crippen LogP contribution in [0.25, 0.3) is 16.9 Å². The lowest BCUT2D eigenvalue weighted by molar-refractivity contribution is 0.0782. The molecule has 1 N–H and O–H groups in total. The highest BCUT2D eigenvalue weighted by Crippen LogP contribution is 2.34. The van der Waals surface area contributed by atoms with Gasteiger partial charge < -0.3 is 14.9 Å². The van der Waals surface area contributed by atoms with E-state index >= 15 is 0 Å². The molecule has 1 amide bonds. The molecule has 1 aliphatic heterocycles. The first-order valence-corrected chi connectivity index (χ1v) is 10.2. The van der Waals surface area contributed by atoms with Gasteiger partial charge in [0, 0.05) is 25.3 Å². The SMILES string of the molecule is Cc1c(-c2cnn(-c3ccc(C(=O)N4CCC(N(C)C)C4)cn3)c2O)ccc(C#N)c1F. The average Bonchev–Trinajstić information content (AvgIpc) is 3.43. The number of benzene rings is 1. The number of carbonyl (C=O) groups is 1. The molecular formula is C23H23FN6O2. The normalized spacial score (nSPS) is 15.9. The van der Waals surface area contributed by atoms with Crippen LogP contribution < -0.4 is 0 Å². The average molecular weight is 434 g/mol. The highest BCUT2D eigenvalue weighted by atomic mass is 19.1. The molecule has 164 valence electrons. The number of nitriles is 1. The Bertz CT molecular complexity index is 1210. The van der Waals surface area contributed by atoms with Crippen LogP contribution in [0.1, 0.15) is 27.9 Å². The van der Waals surface area contributed by atoms with Crippen molar-refractivity contribution in [3.05, 3.63) is 59.2 Å². The van der Waals surface area contributed by atoms with Crippen molar-refractivity contribution >= 4 is 5.91 Å². The Morgan fingerprint density at radius 3 is 2.66 bits per heavy atom. The monoisotopic (exact) mass is 434 g/mol. The molecule has 0 spiro atoms. The second-order valence-electron chi connectivity index (χ2n) is 8.07. The van der Waals surface area contributed by atoms with Crippen molar-refractivity contribution < 1.29 is 14.3 Å². The molecule has 1 saturated heterocycles. The zero-order valence-corrected chi connectivity index (χ0v) is 18.1. The molecule has 1 unspecified atom stereocenters. The van der Waals surface area contributed by atoms with Gasteiger partial charge in [0.05, 0.1) is 22.9 Å². The summed E-state index contributed by atoms with van der Waals surface area (Å²) in [5.41, 5.74) is 1.40. The maximum atomic E-state index is 14.3. The number of halogens is 1. The van der Waals surface area contributed by atoms with E-state index in [4.69, 9.17) is 5.26 Å². The number of aromatic nitrogens is 3. The predicted molar refractivity (Wildman–Crippen MR) is 116 cm³/mol. The van der Waals surface area contributed by atoms with E-state index in [-0.39, 0.29) is 22.9 Å². The van der Waals surface area contributed by atoms with Crippen molar-refractivity contribution in [2.24, 2.45) is 0 Å². The van der Waals surface area contributed by atoms with Crippen molar-refractivity contribution in [2.45, 2.75) is 19.4 Å². The summed E-state index contributed by atoms with van der Waals surface area (Å²) >= 11 is 0. The number of amides is 1. The second kappa shape index (κ2) is 8.40. The van der Waals surface area contributed by atoms with Crippen LogP contribution in [0, 0.1) is 24.1 Å². The Kier molecular flexibility index (Phi) is 5.63. The topological polar surface area (TPSA) is 98.3 Å². The first-order valence-electron chi connectivity index (χ1n) is 10.2. The Labute approximate surface area is 185 Å². The first kappa shape index (κ1) is 21.5. The minimum Gasteiger partial charge on any atom is -0.493 e. The molecule has 4 rings (SSSR count). The number of likely N-dealkylation sites (tertiary alicyclic amines) is 1. The molecule has 0 saturated carbocycles. The number of carbonyl (C=O) groups excluding carboxylic acids is 1. The van der Waals surface area contributed by atoms with E-state index in [1.165, 1.54) is 23.1 Å². The molecule has 1 aliphatic rings. The van der Waals surface area contributed by atoms with Crippen molar-refractivity contribution in [1.29, 1.82) is 5.26 Å². The van der Waals surface area contributed by atoms with Gasteiger partial charge >= 0.3 is 0 Å². The van der Waals surface area contributed by atoms with Gasteiger partial charge in [-0.1, -0.05) is 6.07 Å². The van der Waals surface area contributed by atoms with Crippen molar-refractivity contribution in [3.8, 4) is 28.9 Å². The largest absolute Gasteiger partial charge is 0.493 e. The summed E-state index contributed by atoms with van der Waals surface area (Å²) in [5.74, 6) is -0.596. The van der Waals surface area contributed by atoms with Gasteiger partial charge in [0.1, 0.15) is 11.9 Å². The quantitative estimate of drug-likeness (QED) is 0.678. The second-order valence-corrected chi connectivity index (χ2v) is 8.07. The molecule has 32 heavy (non-hydrogen) atoms. The van der Waals surface area contributed by atoms with Crippen LogP contribution >= 0.6 is 0 Å². The lowest BCUT2D eigenvalue weighted by atomic mass is 10.00. The van der Waals surface area contributed by atoms with Gasteiger partial charge in [-0.15, -0.1) is 0 Å². The first-order chi connectivity index (χ1) is 15.3. The summed E-state index contributed by atoms with van der Waals surface area (Å²) in [6.45, 7) is 2.92. The van der Waals surface area contributed by atoms with Crippen LogP contribution in [-0.2, 0) is 0 Å². The third kappa shape index (κ3) is 3.69. The minimum absolute atomic E-state index is 0.0602. The van der Waals surface area contributed by atoms with Crippen LogP contribution in [-0.4, -0.2) is 68.8 Å². The highest BCUT2D eigenvalue weighted by molar-refractivity contribution is 5.94. The zero-order chi connectivity index (χ0) is 23.0. The number of hydrogen-bond donors (Lipinski definition) is 1. The number of rotatable bonds is 4. The molecule has 3 heterocycles. The van der Waals surface area contributed by atoms with Crippen LogP contribution in [0.4, 0.5) is 4.39 Å². The van der Waals surface area contributed by atoms with E-state index in [0.717, 1.165) is 6.42 Å². The number of hydrogen-bond acceptors (Lipinski definition) is 6. The zero-order valence-electron chi connectivity index (χ0n) is 18.1. The number of pyridine rings is 1. The van der Waals surface area contributed by atoms with Crippen LogP contribution in [0.2, 0.25) is 0 Å². The number of nitrogens with zero attached hydrogens (tertiary/aromatic N) is 6. The fraction of sp³-hybridized carbons (Fsp3) is 0.304. The van der Waals surface area contributed by atoms with Gasteiger partial charge in [-0.3, -0.25) is 4.79 Å². The number of aromatic hydroxyl groups is 1. The fourth-order valence-electron chi connectivity index (χ4n) is 3.93. The lowest BCUT2D eigenvalue weighted by Gasteiger charge is -2.20. The van der Waals surface area contributed by atoms with Gasteiger partial charge in [0.25, 0.3) is 5.91 Å². The summed E-state index contributed by atoms with van der Waals surface area (Å²) < 4.78 is 15.6. The van der Waals surface area contributed by atoms with Crippen LogP contribution in [0.15, 0.2) is 36.7 Å². The van der Waals surface area contributed by atoms with E-state index in [0.29, 0.717) is 41.6 Å². The number of likely N-dealkylation sites (N-methyl/N-ethyl adjacent to an activating group) is 1. The smallest absolute Gasteiger partial charge is 0.255 e. The summed E-state index contributed by atoms with van der Waals surface area (Å²) in [6, 6.07) is 8.35. The van der Waals surface area contributed by atoms with Gasteiger partial charge in [0.15, 0.2) is 5.82 Å². The molecule has 2 aromatic heterocycles. The lowest BCUT2D eigenvalue weighted by Crippen LogP contribution is -2.34. The Hall–Kier alpha value is -3.77. The van der Waals surface area contributed by atoms with Crippen molar-refractivity contribution in [3.63, 3.8) is 0 Å². The van der Waals surface area contributed by atoms with Gasteiger partial charge in [-0.2, -0.15) is 15.0 Å². The highest BCUT2D eigenvalue weighted by Gasteiger charge is 2.28. The van der Waals surface area contributed by atoms with Crippen molar-refractivity contribution in [2.75, 3.05) is 27.2 Å². The molecule has 0 aliphatic carbocycles. The van der Waals surface area contributed by atoms with E-state index in [1.54, 1.807) is 31.2 Å². The molecule has 1 fully saturated rings. The molecule has 9 heteroatoms. The van der Waals surface area contributed by atoms with Crippen molar-refractivity contribution in [1.82, 2.24) is 24.6 Å². The summed E-state index contributed by atoms with van der Waals surface area (Å²) in [5, 5.41) is 23.9. The van der Waals surface area contributed by atoms with E-state index in [1.807, 2.05) is 19.0 Å². The summed E-state index contributed by atoms with van der Waals surface area (Å²) in [6.07, 6.45) is 3.81. The molecule has 8 nitrogen and oxygen atoms in total. The Morgan fingerprint density at radius 2 is 2.03 bits per heavy atom. The minimum atomic E-state index is -0.628. The fourth-order valence-corrected chi connectivity index (χ4v) is 3.93. The van der Waals surface area contributed by atoms with E-state index in [9.17, 15) is 14.3 Å². The molecule has 1 atom stereocenters. The summed E-state index contributed by atoms with van der Waals surface area (Å²) in [4.78, 5) is 21.0. The molecule has 1 aromatic carbocycles. The molecular weight excluding hydrogens is 411 g/mol. The molecule has 3 aromatic rings. The summed E-state index contributed by atoms with van der Waals surface area (Å²) in [7, 11) is 4.02. The van der Waals surface area contributed by atoms with E-state index < -0.39 is 5.82 Å².